The van der Waals surface area contributed by atoms with Crippen molar-refractivity contribution in [1.29, 1.82) is 0 Å². The Kier molecular flexibility index (Phi) is 9.87. The Bertz CT molecular complexity index is 356. The van der Waals surface area contributed by atoms with Crippen molar-refractivity contribution in [2.75, 3.05) is 0 Å². The second-order valence-corrected chi connectivity index (χ2v) is 45.0. The van der Waals surface area contributed by atoms with Crippen LogP contribution < -0.4 is 0 Å². The second kappa shape index (κ2) is 9.08. The summed E-state index contributed by atoms with van der Waals surface area (Å²) in [6.07, 6.45) is 13.0. The average Bonchev–Trinajstić information content (AvgIpc) is 2.96. The molecule has 0 saturated heterocycles. The summed E-state index contributed by atoms with van der Waals surface area (Å²) in [5.74, 6) is -0.460. The van der Waals surface area contributed by atoms with Crippen LogP contribution in [0.15, 0.2) is 0 Å². The molecule has 2 aliphatic carbocycles. The molecule has 2 rings (SSSR count). The molecule has 0 nitrogen and oxygen atoms in total. The van der Waals surface area contributed by atoms with Crippen LogP contribution in [0, 0.1) is 0 Å². The van der Waals surface area contributed by atoms with Crippen molar-refractivity contribution < 1.29 is 20.9 Å². The molecule has 145 valence electrons. The van der Waals surface area contributed by atoms with Gasteiger partial charge in [-0.3, -0.25) is 0 Å². The number of hydrogen-bond donors (Lipinski definition) is 0. The van der Waals surface area contributed by atoms with Crippen molar-refractivity contribution in [2.24, 2.45) is 0 Å². The summed E-state index contributed by atoms with van der Waals surface area (Å²) in [6, 6.07) is 0. The molecule has 0 unspecified atom stereocenters. The normalized spacial score (nSPS) is 22.9. The third-order valence-corrected chi connectivity index (χ3v) is 55.5. The van der Waals surface area contributed by atoms with Crippen molar-refractivity contribution in [3.63, 3.8) is 0 Å². The minimum absolute atomic E-state index is 0. The van der Waals surface area contributed by atoms with E-state index in [1.807, 2.05) is 0 Å². The van der Waals surface area contributed by atoms with Crippen molar-refractivity contribution in [2.45, 2.75) is 109 Å². The Morgan fingerprint density at radius 2 is 0.875 bits per heavy atom. The first-order valence-electron chi connectivity index (χ1n) is 9.86. The van der Waals surface area contributed by atoms with Crippen molar-refractivity contribution >= 4 is 46.9 Å². The minimum Gasteiger partial charge on any atom is -0.147 e. The molecule has 2 fully saturated rings. The van der Waals surface area contributed by atoms with Crippen LogP contribution in [0.4, 0.5) is 0 Å². The van der Waals surface area contributed by atoms with E-state index in [-0.39, 0.29) is 24.8 Å². The zero-order valence-corrected chi connectivity index (χ0v) is 24.8. The fourth-order valence-electron chi connectivity index (χ4n) is 6.37. The maximum absolute atomic E-state index is 2.80. The maximum atomic E-state index is 2.80. The molecule has 0 amide bonds. The van der Waals surface area contributed by atoms with Gasteiger partial charge >= 0.3 is 152 Å². The fraction of sp³-hybridized carbons (Fsp3) is 1.00. The molecule has 0 aromatic carbocycles. The molecule has 0 aromatic heterocycles. The summed E-state index contributed by atoms with van der Waals surface area (Å²) in [7, 11) is -2.10. The number of rotatable bonds is 5. The average molecular weight is 506 g/mol. The van der Waals surface area contributed by atoms with Gasteiger partial charge in [0.25, 0.3) is 0 Å². The van der Waals surface area contributed by atoms with E-state index in [9.17, 15) is 0 Å². The number of hydrogen-bond acceptors (Lipinski definition) is 0. The first kappa shape index (κ1) is 26.1. The molecule has 0 aromatic rings. The van der Waals surface area contributed by atoms with E-state index in [2.05, 4.69) is 52.4 Å². The Labute approximate surface area is 175 Å². The topological polar surface area (TPSA) is 0 Å². The Morgan fingerprint density at radius 3 is 1.04 bits per heavy atom. The smallest absolute Gasteiger partial charge is 0.147 e. The molecule has 0 radical (unpaired) electrons. The molecule has 2 aliphatic rings. The van der Waals surface area contributed by atoms with E-state index >= 15 is 0 Å². The van der Waals surface area contributed by atoms with E-state index in [1.54, 1.807) is 51.4 Å². The molecule has 0 aliphatic heterocycles. The molecule has 2 saturated carbocycles. The Balaban J connectivity index is 0.00000264. The van der Waals surface area contributed by atoms with Gasteiger partial charge in [0.05, 0.1) is 0 Å². The van der Waals surface area contributed by atoms with Gasteiger partial charge in [0.2, 0.25) is 0 Å². The molecule has 0 atom stereocenters. The fourth-order valence-corrected chi connectivity index (χ4v) is 81.4. The largest absolute Gasteiger partial charge is 0.147 e. The first-order chi connectivity index (χ1) is 9.98. The van der Waals surface area contributed by atoms with E-state index < -0.39 is 43.0 Å². The SMILES string of the molecule is C[SiH](C)[Zr]([C]1([Si](C)(C)C)CCCC1)[C]1([Si](C)(C)C)CCCC1.Cl.Cl. The van der Waals surface area contributed by atoms with Crippen LogP contribution in [0.1, 0.15) is 51.4 Å². The summed E-state index contributed by atoms with van der Waals surface area (Å²) < 4.78 is 1.97. The third-order valence-electron chi connectivity index (χ3n) is 7.39. The van der Waals surface area contributed by atoms with Crippen LogP contribution in [0.25, 0.3) is 0 Å². The van der Waals surface area contributed by atoms with Gasteiger partial charge in [-0.15, -0.1) is 24.8 Å². The van der Waals surface area contributed by atoms with Crippen LogP contribution in [0.5, 0.6) is 0 Å². The van der Waals surface area contributed by atoms with Crippen molar-refractivity contribution in [3.05, 3.63) is 0 Å². The standard InChI is InChI=1S/2C8H17Si.C2H7Si.2ClH.Zr/c2*1-9(2,3)8-6-4-5-7-8;1-3-2;;;/h2*4-7H2,1-3H3;3H,1-2H3;2*1H;. The van der Waals surface area contributed by atoms with E-state index in [4.69, 9.17) is 0 Å². The summed E-state index contributed by atoms with van der Waals surface area (Å²) in [5.41, 5.74) is 0. The van der Waals surface area contributed by atoms with Crippen LogP contribution in [0.2, 0.25) is 57.9 Å². The second-order valence-electron chi connectivity index (χ2n) is 10.6. The van der Waals surface area contributed by atoms with Gasteiger partial charge in [0.1, 0.15) is 0 Å². The molecule has 0 N–H and O–H groups in total. The summed E-state index contributed by atoms with van der Waals surface area (Å²) >= 11 is -1.43. The Hall–Kier alpha value is 2.11. The maximum Gasteiger partial charge on any atom is -0.147 e. The zero-order chi connectivity index (χ0) is 16.8. The van der Waals surface area contributed by atoms with Gasteiger partial charge in [-0.2, -0.15) is 0 Å². The molecule has 0 bridgehead atoms. The van der Waals surface area contributed by atoms with Gasteiger partial charge < -0.3 is 0 Å². The summed E-state index contributed by atoms with van der Waals surface area (Å²) in [5, 5.41) is 0. The first-order valence-corrected chi connectivity index (χ1v) is 26.5. The van der Waals surface area contributed by atoms with Gasteiger partial charge in [-0.1, -0.05) is 0 Å². The zero-order valence-electron chi connectivity index (χ0n) is 17.6. The predicted octanol–water partition coefficient (Wildman–Crippen LogP) is 7.65. The number of halogens is 2. The van der Waals surface area contributed by atoms with Crippen LogP contribution in [-0.2, 0) is 20.9 Å². The monoisotopic (exact) mass is 503 g/mol. The predicted molar refractivity (Wildman–Crippen MR) is 122 cm³/mol. The molecule has 0 heterocycles. The molecule has 6 heteroatoms. The minimum atomic E-state index is -1.43. The van der Waals surface area contributed by atoms with Crippen molar-refractivity contribution in [3.8, 4) is 0 Å². The van der Waals surface area contributed by atoms with E-state index in [1.165, 1.54) is 0 Å². The molecular formula is C18H43Cl2Si3Zr. The molecule has 24 heavy (non-hydrogen) atoms. The van der Waals surface area contributed by atoms with E-state index in [0.29, 0.717) is 0 Å². The molecular weight excluding hydrogens is 463 g/mol. The third kappa shape index (κ3) is 4.40. The molecule has 0 spiro atoms. The summed E-state index contributed by atoms with van der Waals surface area (Å²) in [6.45, 7) is 22.2. The quantitative estimate of drug-likeness (QED) is 0.337. The van der Waals surface area contributed by atoms with Crippen LogP contribution >= 0.6 is 24.8 Å². The summed E-state index contributed by atoms with van der Waals surface area (Å²) in [4.78, 5) is 0. The Morgan fingerprint density at radius 1 is 0.625 bits per heavy atom. The van der Waals surface area contributed by atoms with Gasteiger partial charge in [0, 0.05) is 0 Å². The van der Waals surface area contributed by atoms with Crippen LogP contribution in [-0.4, -0.2) is 22.1 Å². The van der Waals surface area contributed by atoms with Gasteiger partial charge in [0.15, 0.2) is 0 Å². The van der Waals surface area contributed by atoms with Crippen molar-refractivity contribution in [1.82, 2.24) is 0 Å². The van der Waals surface area contributed by atoms with Crippen LogP contribution in [0.3, 0.4) is 0 Å². The van der Waals surface area contributed by atoms with E-state index in [0.717, 1.165) is 5.49 Å². The van der Waals surface area contributed by atoms with Gasteiger partial charge in [-0.25, -0.2) is 0 Å². The van der Waals surface area contributed by atoms with Gasteiger partial charge in [-0.05, 0) is 0 Å².